The van der Waals surface area contributed by atoms with Crippen molar-refractivity contribution in [2.24, 2.45) is 5.73 Å². The molecule has 19 heavy (non-hydrogen) atoms. The number of nitrogens with one attached hydrogen (secondary N) is 1. The van der Waals surface area contributed by atoms with E-state index in [9.17, 15) is 4.79 Å². The van der Waals surface area contributed by atoms with Crippen LogP contribution < -0.4 is 11.1 Å². The molecule has 0 saturated heterocycles. The largest absolute Gasteiger partial charge is 0.370 e. The summed E-state index contributed by atoms with van der Waals surface area (Å²) < 4.78 is 0. The molecule has 3 heterocycles. The van der Waals surface area contributed by atoms with E-state index >= 15 is 0 Å². The summed E-state index contributed by atoms with van der Waals surface area (Å²) in [5.74, 6) is 0.453. The van der Waals surface area contributed by atoms with Crippen LogP contribution in [-0.4, -0.2) is 22.4 Å². The minimum Gasteiger partial charge on any atom is -0.370 e. The predicted octanol–water partition coefficient (Wildman–Crippen LogP) is 1.52. The fraction of sp³-hybridized carbons (Fsp3) is 0.214. The molecule has 2 aromatic heterocycles. The first-order chi connectivity index (χ1) is 9.15. The molecule has 0 radical (unpaired) electrons. The van der Waals surface area contributed by atoms with E-state index in [0.717, 1.165) is 35.6 Å². The molecule has 0 aliphatic carbocycles. The van der Waals surface area contributed by atoms with E-state index in [2.05, 4.69) is 21.4 Å². The number of fused-ring (bicyclic) bond motifs is 1. The number of nitrogens with two attached hydrogens (primary N) is 1. The zero-order chi connectivity index (χ0) is 13.4. The number of amides is 1. The summed E-state index contributed by atoms with van der Waals surface area (Å²) in [6.07, 6.45) is 2.81. The molecule has 1 aliphatic heterocycles. The number of rotatable bonds is 2. The van der Waals surface area contributed by atoms with E-state index in [1.165, 1.54) is 5.56 Å². The molecule has 0 unspecified atom stereocenters. The Kier molecular flexibility index (Phi) is 2.67. The highest BCUT2D eigenvalue weighted by atomic mass is 16.1. The zero-order valence-corrected chi connectivity index (χ0v) is 10.6. The van der Waals surface area contributed by atoms with Gasteiger partial charge in [-0.1, -0.05) is 6.07 Å². The monoisotopic (exact) mass is 254 g/mol. The topological polar surface area (TPSA) is 80.9 Å². The third-order valence-corrected chi connectivity index (χ3v) is 3.30. The molecule has 5 heteroatoms. The Morgan fingerprint density at radius 2 is 2.26 bits per heavy atom. The second-order valence-electron chi connectivity index (χ2n) is 4.60. The molecule has 0 bridgehead atoms. The van der Waals surface area contributed by atoms with Gasteiger partial charge in [0, 0.05) is 29.6 Å². The molecule has 0 saturated carbocycles. The third-order valence-electron chi connectivity index (χ3n) is 3.30. The quantitative estimate of drug-likeness (QED) is 0.851. The van der Waals surface area contributed by atoms with Gasteiger partial charge in [0.1, 0.15) is 11.5 Å². The normalized spacial score (nSPS) is 12.9. The van der Waals surface area contributed by atoms with E-state index in [-0.39, 0.29) is 5.69 Å². The van der Waals surface area contributed by atoms with Crippen LogP contribution in [0.2, 0.25) is 0 Å². The van der Waals surface area contributed by atoms with Crippen LogP contribution in [0.25, 0.3) is 11.1 Å². The first-order valence-corrected chi connectivity index (χ1v) is 6.16. The Hall–Kier alpha value is -2.43. The lowest BCUT2D eigenvalue weighted by Crippen LogP contribution is -2.13. The summed E-state index contributed by atoms with van der Waals surface area (Å²) in [6.45, 7) is 2.80. The molecule has 0 atom stereocenters. The van der Waals surface area contributed by atoms with Gasteiger partial charge in [-0.05, 0) is 31.0 Å². The van der Waals surface area contributed by atoms with Crippen molar-refractivity contribution in [1.29, 1.82) is 0 Å². The summed E-state index contributed by atoms with van der Waals surface area (Å²) in [5.41, 5.74) is 9.51. The lowest BCUT2D eigenvalue weighted by Gasteiger charge is -2.08. The second-order valence-corrected chi connectivity index (χ2v) is 4.60. The highest BCUT2D eigenvalue weighted by Crippen LogP contribution is 2.27. The number of primary amides is 1. The smallest absolute Gasteiger partial charge is 0.267 e. The van der Waals surface area contributed by atoms with Crippen molar-refractivity contribution in [2.75, 3.05) is 11.9 Å². The van der Waals surface area contributed by atoms with Crippen LogP contribution in [0.1, 0.15) is 21.7 Å². The summed E-state index contributed by atoms with van der Waals surface area (Å²) in [5, 5.41) is 3.23. The fourth-order valence-electron chi connectivity index (χ4n) is 2.33. The van der Waals surface area contributed by atoms with Crippen molar-refractivity contribution < 1.29 is 4.79 Å². The molecule has 0 fully saturated rings. The number of aryl methyl sites for hydroxylation is 1. The van der Waals surface area contributed by atoms with Gasteiger partial charge in [0.2, 0.25) is 0 Å². The van der Waals surface area contributed by atoms with Crippen molar-refractivity contribution in [3.8, 4) is 11.1 Å². The van der Waals surface area contributed by atoms with E-state index < -0.39 is 5.91 Å². The van der Waals surface area contributed by atoms with Gasteiger partial charge in [0.05, 0.1) is 0 Å². The van der Waals surface area contributed by atoms with Crippen molar-refractivity contribution in [2.45, 2.75) is 13.3 Å². The van der Waals surface area contributed by atoms with Gasteiger partial charge in [-0.15, -0.1) is 0 Å². The van der Waals surface area contributed by atoms with Crippen molar-refractivity contribution in [1.82, 2.24) is 9.97 Å². The van der Waals surface area contributed by atoms with Crippen LogP contribution in [0.3, 0.4) is 0 Å². The summed E-state index contributed by atoms with van der Waals surface area (Å²) >= 11 is 0. The average Bonchev–Trinajstić information content (AvgIpc) is 2.85. The van der Waals surface area contributed by atoms with E-state index in [4.69, 9.17) is 5.73 Å². The number of aromatic nitrogens is 2. The first kappa shape index (κ1) is 11.6. The van der Waals surface area contributed by atoms with Crippen molar-refractivity contribution >= 4 is 11.7 Å². The van der Waals surface area contributed by atoms with Gasteiger partial charge in [0.15, 0.2) is 0 Å². The van der Waals surface area contributed by atoms with Crippen LogP contribution in [-0.2, 0) is 6.42 Å². The summed E-state index contributed by atoms with van der Waals surface area (Å²) in [4.78, 5) is 19.7. The summed E-state index contributed by atoms with van der Waals surface area (Å²) in [7, 11) is 0. The number of nitrogens with zero attached hydrogens (tertiary/aromatic N) is 2. The number of hydrogen-bond donors (Lipinski definition) is 2. The van der Waals surface area contributed by atoms with Crippen molar-refractivity contribution in [3.63, 3.8) is 0 Å². The van der Waals surface area contributed by atoms with Gasteiger partial charge >= 0.3 is 0 Å². The lowest BCUT2D eigenvalue weighted by atomic mass is 10.0. The average molecular weight is 254 g/mol. The number of carbonyl (C=O) groups excluding carboxylic acids is 1. The van der Waals surface area contributed by atoms with Gasteiger partial charge in [-0.25, -0.2) is 9.97 Å². The molecule has 0 aromatic carbocycles. The third kappa shape index (κ3) is 2.03. The number of pyridine rings is 2. The molecule has 2 aromatic rings. The molecular weight excluding hydrogens is 240 g/mol. The highest BCUT2D eigenvalue weighted by molar-refractivity contribution is 5.91. The van der Waals surface area contributed by atoms with Gasteiger partial charge in [0.25, 0.3) is 5.91 Å². The number of anilines is 1. The van der Waals surface area contributed by atoms with Crippen molar-refractivity contribution in [3.05, 3.63) is 41.3 Å². The van der Waals surface area contributed by atoms with Crippen LogP contribution in [0.5, 0.6) is 0 Å². The standard InChI is InChI=1S/C14H14N4O/c1-8-11(2-3-12(18-8)13(15)19)10-6-9-4-5-16-14(9)17-7-10/h2-3,6-7H,4-5H2,1H3,(H2,15,19)(H,16,17). The maximum Gasteiger partial charge on any atom is 0.267 e. The predicted molar refractivity (Wildman–Crippen MR) is 72.9 cm³/mol. The molecule has 3 rings (SSSR count). The van der Waals surface area contributed by atoms with Gasteiger partial charge < -0.3 is 11.1 Å². The fourth-order valence-corrected chi connectivity index (χ4v) is 2.33. The highest BCUT2D eigenvalue weighted by Gasteiger charge is 2.14. The van der Waals surface area contributed by atoms with E-state index in [1.807, 2.05) is 19.2 Å². The second kappa shape index (κ2) is 4.35. The van der Waals surface area contributed by atoms with E-state index in [0.29, 0.717) is 0 Å². The van der Waals surface area contributed by atoms with Gasteiger partial charge in [-0.3, -0.25) is 4.79 Å². The minimum absolute atomic E-state index is 0.289. The van der Waals surface area contributed by atoms with Crippen LogP contribution in [0, 0.1) is 6.92 Å². The molecule has 3 N–H and O–H groups in total. The molecule has 5 nitrogen and oxygen atoms in total. The molecule has 1 amide bonds. The Labute approximate surface area is 110 Å². The Bertz CT molecular complexity index is 666. The van der Waals surface area contributed by atoms with Crippen LogP contribution in [0.15, 0.2) is 24.4 Å². The Balaban J connectivity index is 2.05. The van der Waals surface area contributed by atoms with E-state index in [1.54, 1.807) is 6.07 Å². The molecule has 0 spiro atoms. The zero-order valence-electron chi connectivity index (χ0n) is 10.6. The van der Waals surface area contributed by atoms with Crippen LogP contribution >= 0.6 is 0 Å². The maximum atomic E-state index is 11.1. The molecule has 1 aliphatic rings. The minimum atomic E-state index is -0.508. The first-order valence-electron chi connectivity index (χ1n) is 6.16. The summed E-state index contributed by atoms with van der Waals surface area (Å²) in [6, 6.07) is 5.64. The SMILES string of the molecule is Cc1nc(C(N)=O)ccc1-c1cnc2c(c1)CCN2. The lowest BCUT2D eigenvalue weighted by molar-refractivity contribution is 0.0995. The Morgan fingerprint density at radius 3 is 3.00 bits per heavy atom. The number of carbonyl (C=O) groups is 1. The van der Waals surface area contributed by atoms with Gasteiger partial charge in [-0.2, -0.15) is 0 Å². The van der Waals surface area contributed by atoms with Crippen LogP contribution in [0.4, 0.5) is 5.82 Å². The maximum absolute atomic E-state index is 11.1. The molecule has 96 valence electrons. The number of hydrogen-bond acceptors (Lipinski definition) is 4. The molecular formula is C14H14N4O. The Morgan fingerprint density at radius 1 is 1.42 bits per heavy atom.